The van der Waals surface area contributed by atoms with Crippen LogP contribution in [0.5, 0.6) is 5.75 Å². The number of amides is 1. The summed E-state index contributed by atoms with van der Waals surface area (Å²) in [6, 6.07) is 21.7. The van der Waals surface area contributed by atoms with E-state index in [-0.39, 0.29) is 17.5 Å². The van der Waals surface area contributed by atoms with Crippen LogP contribution in [0.15, 0.2) is 72.8 Å². The van der Waals surface area contributed by atoms with Gasteiger partial charge in [0.15, 0.2) is 0 Å². The number of anilines is 2. The highest BCUT2D eigenvalue weighted by Gasteiger charge is 2.29. The van der Waals surface area contributed by atoms with Gasteiger partial charge in [0.1, 0.15) is 11.4 Å². The summed E-state index contributed by atoms with van der Waals surface area (Å²) in [7, 11) is 1.63. The maximum absolute atomic E-state index is 13.0. The maximum atomic E-state index is 13.0. The smallest absolute Gasteiger partial charge is 0.293 e. The largest absolute Gasteiger partial charge is 0.497 e. The van der Waals surface area contributed by atoms with Crippen molar-refractivity contribution in [3.63, 3.8) is 0 Å². The minimum Gasteiger partial charge on any atom is -0.497 e. The highest BCUT2D eigenvalue weighted by molar-refractivity contribution is 5.96. The first kappa shape index (κ1) is 20.4. The molecule has 1 atom stereocenters. The van der Waals surface area contributed by atoms with Crippen LogP contribution in [-0.4, -0.2) is 35.9 Å². The number of nitro benzene ring substituents is 1. The fourth-order valence-corrected chi connectivity index (χ4v) is 3.87. The third kappa shape index (κ3) is 4.50. The van der Waals surface area contributed by atoms with Gasteiger partial charge in [-0.1, -0.05) is 30.3 Å². The first-order valence-electron chi connectivity index (χ1n) is 10.1. The van der Waals surface area contributed by atoms with E-state index in [1.165, 1.54) is 6.07 Å². The molecule has 7 heteroatoms. The van der Waals surface area contributed by atoms with Crippen molar-refractivity contribution in [2.24, 2.45) is 0 Å². The first-order valence-corrected chi connectivity index (χ1v) is 10.1. The van der Waals surface area contributed by atoms with E-state index in [2.05, 4.69) is 5.32 Å². The molecule has 1 aliphatic heterocycles. The summed E-state index contributed by atoms with van der Waals surface area (Å²) in [4.78, 5) is 26.0. The summed E-state index contributed by atoms with van der Waals surface area (Å²) >= 11 is 0. The second-order valence-corrected chi connectivity index (χ2v) is 7.49. The van der Waals surface area contributed by atoms with Crippen LogP contribution in [0.2, 0.25) is 0 Å². The molecule has 0 radical (unpaired) electrons. The van der Waals surface area contributed by atoms with E-state index >= 15 is 0 Å². The van der Waals surface area contributed by atoms with Crippen molar-refractivity contribution >= 4 is 23.0 Å². The molecule has 0 saturated carbocycles. The minimum atomic E-state index is -0.466. The zero-order chi connectivity index (χ0) is 21.8. The minimum absolute atomic E-state index is 0.124. The number of carbonyl (C=O) groups excluding carboxylic acids is 1. The summed E-state index contributed by atoms with van der Waals surface area (Å²) in [5, 5.41) is 14.7. The Morgan fingerprint density at radius 1 is 1.10 bits per heavy atom. The maximum Gasteiger partial charge on any atom is 0.293 e. The van der Waals surface area contributed by atoms with E-state index in [1.54, 1.807) is 24.1 Å². The molecule has 3 aromatic rings. The van der Waals surface area contributed by atoms with E-state index < -0.39 is 4.92 Å². The van der Waals surface area contributed by atoms with Crippen LogP contribution in [0.1, 0.15) is 28.3 Å². The molecule has 7 nitrogen and oxygen atoms in total. The Kier molecular flexibility index (Phi) is 5.84. The van der Waals surface area contributed by atoms with Crippen LogP contribution in [-0.2, 0) is 0 Å². The number of rotatable bonds is 6. The quantitative estimate of drug-likeness (QED) is 0.452. The number of methoxy groups -OCH3 is 1. The van der Waals surface area contributed by atoms with Crippen molar-refractivity contribution in [1.29, 1.82) is 0 Å². The topological polar surface area (TPSA) is 84.7 Å². The fourth-order valence-electron chi connectivity index (χ4n) is 3.87. The number of hydrogen-bond donors (Lipinski definition) is 1. The molecule has 1 N–H and O–H groups in total. The van der Waals surface area contributed by atoms with Gasteiger partial charge in [0.25, 0.3) is 11.6 Å². The molecular weight excluding hydrogens is 394 g/mol. The zero-order valence-electron chi connectivity index (χ0n) is 17.2. The van der Waals surface area contributed by atoms with Gasteiger partial charge >= 0.3 is 0 Å². The highest BCUT2D eigenvalue weighted by Crippen LogP contribution is 2.32. The molecule has 0 spiro atoms. The second-order valence-electron chi connectivity index (χ2n) is 7.49. The van der Waals surface area contributed by atoms with E-state index in [4.69, 9.17) is 4.74 Å². The van der Waals surface area contributed by atoms with Gasteiger partial charge in [0.05, 0.1) is 12.0 Å². The summed E-state index contributed by atoms with van der Waals surface area (Å²) in [6.45, 7) is 1.20. The van der Waals surface area contributed by atoms with E-state index in [1.807, 2.05) is 54.6 Å². The summed E-state index contributed by atoms with van der Waals surface area (Å²) < 4.78 is 5.20. The number of benzene rings is 3. The number of nitrogens with one attached hydrogen (secondary N) is 1. The summed E-state index contributed by atoms with van der Waals surface area (Å²) in [5.74, 6) is 0.848. The van der Waals surface area contributed by atoms with E-state index in [9.17, 15) is 14.9 Å². The van der Waals surface area contributed by atoms with Crippen LogP contribution in [0.4, 0.5) is 17.1 Å². The van der Waals surface area contributed by atoms with Crippen molar-refractivity contribution in [3.05, 3.63) is 94.0 Å². The molecule has 0 bridgehead atoms. The fraction of sp³-hybridized carbons (Fsp3) is 0.208. The standard InChI is InChI=1S/C24H23N3O4/c1-31-21-10-7-17(8-11-21)19-13-14-26(16-19)24(28)18-9-12-22(23(15-18)27(29)30)25-20-5-3-2-4-6-20/h2-12,15,19,25H,13-14,16H2,1H3. The average Bonchev–Trinajstić information content (AvgIpc) is 3.30. The third-order valence-electron chi connectivity index (χ3n) is 5.56. The number of likely N-dealkylation sites (tertiary alicyclic amines) is 1. The predicted octanol–water partition coefficient (Wildman–Crippen LogP) is 4.98. The SMILES string of the molecule is COc1ccc(C2CCN(C(=O)c3ccc(Nc4ccccc4)c([N+](=O)[O-])c3)C2)cc1. The molecule has 1 heterocycles. The molecule has 1 amide bonds. The first-order chi connectivity index (χ1) is 15.0. The van der Waals surface area contributed by atoms with Crippen molar-refractivity contribution in [1.82, 2.24) is 4.90 Å². The molecule has 1 aliphatic rings. The van der Waals surface area contributed by atoms with Crippen molar-refractivity contribution in [2.45, 2.75) is 12.3 Å². The molecule has 0 aromatic heterocycles. The van der Waals surface area contributed by atoms with Crippen LogP contribution >= 0.6 is 0 Å². The lowest BCUT2D eigenvalue weighted by Crippen LogP contribution is -2.28. The van der Waals surface area contributed by atoms with Gasteiger partial charge in [-0.25, -0.2) is 0 Å². The van der Waals surface area contributed by atoms with Gasteiger partial charge < -0.3 is 15.0 Å². The predicted molar refractivity (Wildman–Crippen MR) is 119 cm³/mol. The van der Waals surface area contributed by atoms with E-state index in [0.717, 1.165) is 23.4 Å². The average molecular weight is 417 g/mol. The molecule has 0 aliphatic carbocycles. The van der Waals surface area contributed by atoms with Crippen molar-refractivity contribution < 1.29 is 14.5 Å². The van der Waals surface area contributed by atoms with Crippen LogP contribution < -0.4 is 10.1 Å². The second kappa shape index (κ2) is 8.87. The molecule has 158 valence electrons. The number of nitro groups is 1. The molecule has 31 heavy (non-hydrogen) atoms. The monoisotopic (exact) mass is 417 g/mol. The Morgan fingerprint density at radius 2 is 1.84 bits per heavy atom. The number of carbonyl (C=O) groups is 1. The Balaban J connectivity index is 1.50. The number of hydrogen-bond acceptors (Lipinski definition) is 5. The highest BCUT2D eigenvalue weighted by atomic mass is 16.6. The van der Waals surface area contributed by atoms with Crippen molar-refractivity contribution in [2.75, 3.05) is 25.5 Å². The van der Waals surface area contributed by atoms with Gasteiger partial charge in [0, 0.05) is 36.3 Å². The number of para-hydroxylation sites is 1. The number of nitrogens with zero attached hydrogens (tertiary/aromatic N) is 2. The third-order valence-corrected chi connectivity index (χ3v) is 5.56. The zero-order valence-corrected chi connectivity index (χ0v) is 17.2. The lowest BCUT2D eigenvalue weighted by molar-refractivity contribution is -0.383. The molecule has 1 unspecified atom stereocenters. The number of ether oxygens (including phenoxy) is 1. The normalized spacial score (nSPS) is 15.5. The van der Waals surface area contributed by atoms with Gasteiger partial charge in [-0.3, -0.25) is 14.9 Å². The summed E-state index contributed by atoms with van der Waals surface area (Å²) in [6.07, 6.45) is 0.855. The molecule has 3 aromatic carbocycles. The van der Waals surface area contributed by atoms with E-state index in [0.29, 0.717) is 24.3 Å². The lowest BCUT2D eigenvalue weighted by Gasteiger charge is -2.17. The molecule has 1 fully saturated rings. The van der Waals surface area contributed by atoms with Crippen LogP contribution in [0.3, 0.4) is 0 Å². The van der Waals surface area contributed by atoms with Crippen molar-refractivity contribution in [3.8, 4) is 5.75 Å². The van der Waals surface area contributed by atoms with Gasteiger partial charge in [-0.05, 0) is 48.4 Å². The van der Waals surface area contributed by atoms with Crippen LogP contribution in [0.25, 0.3) is 0 Å². The van der Waals surface area contributed by atoms with Gasteiger partial charge in [-0.2, -0.15) is 0 Å². The Labute approximate surface area is 180 Å². The molecular formula is C24H23N3O4. The Bertz CT molecular complexity index is 1080. The van der Waals surface area contributed by atoms with Gasteiger partial charge in [0.2, 0.25) is 0 Å². The lowest BCUT2D eigenvalue weighted by atomic mass is 9.98. The Morgan fingerprint density at radius 3 is 2.52 bits per heavy atom. The Hall–Kier alpha value is -3.87. The van der Waals surface area contributed by atoms with Crippen LogP contribution in [0, 0.1) is 10.1 Å². The molecule has 1 saturated heterocycles. The molecule has 4 rings (SSSR count). The summed E-state index contributed by atoms with van der Waals surface area (Å²) in [5.41, 5.74) is 2.45. The van der Waals surface area contributed by atoms with Gasteiger partial charge in [-0.15, -0.1) is 0 Å².